The molecule has 0 unspecified atom stereocenters. The summed E-state index contributed by atoms with van der Waals surface area (Å²) in [4.78, 5) is 32.8. The van der Waals surface area contributed by atoms with E-state index in [1.165, 1.54) is 28.7 Å². The Morgan fingerprint density at radius 3 is 2.57 bits per heavy atom. The van der Waals surface area contributed by atoms with Crippen LogP contribution in [0.5, 0.6) is 0 Å². The van der Waals surface area contributed by atoms with Crippen molar-refractivity contribution in [1.29, 1.82) is 0 Å². The normalized spacial score (nSPS) is 14.7. The van der Waals surface area contributed by atoms with E-state index < -0.39 is 0 Å². The molecule has 1 aromatic heterocycles. The summed E-state index contributed by atoms with van der Waals surface area (Å²) < 4.78 is 0.526. The molecule has 35 heavy (non-hydrogen) atoms. The van der Waals surface area contributed by atoms with Crippen molar-refractivity contribution in [2.75, 3.05) is 11.9 Å². The van der Waals surface area contributed by atoms with Crippen LogP contribution in [-0.2, 0) is 22.4 Å². The molecule has 0 aliphatic carbocycles. The summed E-state index contributed by atoms with van der Waals surface area (Å²) in [6.07, 6.45) is 6.14. The number of thiazole rings is 1. The van der Waals surface area contributed by atoms with Crippen LogP contribution in [0.4, 0.5) is 5.13 Å². The summed E-state index contributed by atoms with van der Waals surface area (Å²) in [5.41, 5.74) is 3.36. The van der Waals surface area contributed by atoms with Gasteiger partial charge in [0.1, 0.15) is 4.32 Å². The lowest BCUT2D eigenvalue weighted by Crippen LogP contribution is -2.29. The fourth-order valence-corrected chi connectivity index (χ4v) is 5.82. The van der Waals surface area contributed by atoms with Crippen LogP contribution in [0.3, 0.4) is 0 Å². The highest BCUT2D eigenvalue weighted by atomic mass is 35.5. The summed E-state index contributed by atoms with van der Waals surface area (Å²) >= 11 is 14.1. The first-order valence-corrected chi connectivity index (χ1v) is 13.7. The average Bonchev–Trinajstić information content (AvgIpc) is 3.39. The minimum atomic E-state index is -0.130. The maximum Gasteiger partial charge on any atom is 0.266 e. The Morgan fingerprint density at radius 2 is 1.86 bits per heavy atom. The highest BCUT2D eigenvalue weighted by Crippen LogP contribution is 2.33. The van der Waals surface area contributed by atoms with Crippen molar-refractivity contribution >= 4 is 74.3 Å². The number of rotatable bonds is 9. The number of aryl methyl sites for hydroxylation is 1. The van der Waals surface area contributed by atoms with Crippen LogP contribution < -0.4 is 5.32 Å². The van der Waals surface area contributed by atoms with E-state index in [1.807, 2.05) is 42.5 Å². The fourth-order valence-electron chi connectivity index (χ4n) is 3.52. The highest BCUT2D eigenvalue weighted by molar-refractivity contribution is 8.26. The van der Waals surface area contributed by atoms with Crippen molar-refractivity contribution in [2.45, 2.75) is 32.6 Å². The van der Waals surface area contributed by atoms with Gasteiger partial charge in [-0.2, -0.15) is 0 Å². The van der Waals surface area contributed by atoms with Crippen LogP contribution in [0.1, 0.15) is 41.3 Å². The van der Waals surface area contributed by atoms with Crippen LogP contribution in [-0.4, -0.2) is 32.6 Å². The van der Waals surface area contributed by atoms with Crippen LogP contribution in [0.25, 0.3) is 6.08 Å². The molecule has 4 rings (SSSR count). The molecule has 9 heteroatoms. The van der Waals surface area contributed by atoms with E-state index in [4.69, 9.17) is 23.8 Å². The van der Waals surface area contributed by atoms with Crippen LogP contribution in [0.15, 0.2) is 59.6 Å². The Hall–Kier alpha value is -2.52. The van der Waals surface area contributed by atoms with Gasteiger partial charge < -0.3 is 5.32 Å². The molecule has 1 fully saturated rings. The molecular weight excluding hydrogens is 518 g/mol. The smallest absolute Gasteiger partial charge is 0.266 e. The molecule has 3 aromatic rings. The number of thiocarbonyl (C=S) groups is 1. The minimum absolute atomic E-state index is 0.105. The van der Waals surface area contributed by atoms with Gasteiger partial charge in [0.25, 0.3) is 5.91 Å². The van der Waals surface area contributed by atoms with Crippen molar-refractivity contribution in [3.8, 4) is 0 Å². The lowest BCUT2D eigenvalue weighted by Gasteiger charge is -2.13. The number of thioether (sulfide) groups is 1. The number of hydrogen-bond acceptors (Lipinski definition) is 6. The molecule has 2 heterocycles. The summed E-state index contributed by atoms with van der Waals surface area (Å²) in [6.45, 7) is 2.52. The zero-order chi connectivity index (χ0) is 24.8. The topological polar surface area (TPSA) is 62.3 Å². The molecule has 1 aliphatic heterocycles. The van der Waals surface area contributed by atoms with Gasteiger partial charge in [-0.3, -0.25) is 14.5 Å². The Kier molecular flexibility index (Phi) is 8.73. The summed E-state index contributed by atoms with van der Waals surface area (Å²) in [5, 5.41) is 4.12. The van der Waals surface area contributed by atoms with Gasteiger partial charge in [-0.25, -0.2) is 4.98 Å². The molecule has 1 saturated heterocycles. The molecule has 1 N–H and O–H groups in total. The second-order valence-corrected chi connectivity index (χ2v) is 11.2. The molecule has 0 saturated carbocycles. The fraction of sp³-hybridized carbons (Fsp3) is 0.231. The molecule has 0 atom stereocenters. The first kappa shape index (κ1) is 25.6. The summed E-state index contributed by atoms with van der Waals surface area (Å²) in [6, 6.07) is 15.8. The highest BCUT2D eigenvalue weighted by Gasteiger charge is 2.31. The van der Waals surface area contributed by atoms with E-state index in [9.17, 15) is 9.59 Å². The minimum Gasteiger partial charge on any atom is -0.302 e. The number of amides is 2. The predicted octanol–water partition coefficient (Wildman–Crippen LogP) is 6.57. The lowest BCUT2D eigenvalue weighted by molar-refractivity contribution is -0.122. The van der Waals surface area contributed by atoms with Crippen molar-refractivity contribution < 1.29 is 9.59 Å². The number of carbonyl (C=O) groups is 2. The largest absolute Gasteiger partial charge is 0.302 e. The third-order valence-corrected chi connectivity index (χ3v) is 7.98. The lowest BCUT2D eigenvalue weighted by atomic mass is 10.1. The van der Waals surface area contributed by atoms with Crippen molar-refractivity contribution in [3.63, 3.8) is 0 Å². The number of anilines is 1. The van der Waals surface area contributed by atoms with Gasteiger partial charge in [0, 0.05) is 35.5 Å². The Balaban J connectivity index is 1.25. The molecule has 180 valence electrons. The zero-order valence-corrected chi connectivity index (χ0v) is 22.3. The molecular formula is C26H24ClN3O2S3. The maximum atomic E-state index is 12.8. The molecule has 2 aromatic carbocycles. The van der Waals surface area contributed by atoms with Crippen LogP contribution in [0.2, 0.25) is 5.02 Å². The third kappa shape index (κ3) is 7.01. The third-order valence-electron chi connectivity index (χ3n) is 5.44. The maximum absolute atomic E-state index is 12.8. The Labute approximate surface area is 223 Å². The van der Waals surface area contributed by atoms with Gasteiger partial charge in [-0.15, -0.1) is 11.3 Å². The van der Waals surface area contributed by atoms with Crippen molar-refractivity contribution in [1.82, 2.24) is 9.88 Å². The van der Waals surface area contributed by atoms with Gasteiger partial charge in [-0.1, -0.05) is 78.9 Å². The Morgan fingerprint density at radius 1 is 1.14 bits per heavy atom. The van der Waals surface area contributed by atoms with E-state index in [1.54, 1.807) is 11.1 Å². The number of hydrogen-bond donors (Lipinski definition) is 1. The number of nitrogens with zero attached hydrogens (tertiary/aromatic N) is 2. The SMILES string of the molecule is CCc1ccc(C=C2SC(=S)N(CCCC(=O)Nc3ncc(Cc4ccc(Cl)cc4)s3)C2=O)cc1. The van der Waals surface area contributed by atoms with E-state index in [2.05, 4.69) is 29.4 Å². The van der Waals surface area contributed by atoms with Gasteiger partial charge in [-0.05, 0) is 47.7 Å². The van der Waals surface area contributed by atoms with Gasteiger partial charge >= 0.3 is 0 Å². The van der Waals surface area contributed by atoms with E-state index in [0.717, 1.165) is 28.8 Å². The number of aromatic nitrogens is 1. The number of nitrogens with one attached hydrogen (secondary N) is 1. The van der Waals surface area contributed by atoms with Crippen LogP contribution >= 0.6 is 46.9 Å². The number of benzene rings is 2. The summed E-state index contributed by atoms with van der Waals surface area (Å²) in [7, 11) is 0. The zero-order valence-electron chi connectivity index (χ0n) is 19.1. The van der Waals surface area contributed by atoms with Crippen molar-refractivity contribution in [2.24, 2.45) is 0 Å². The monoisotopic (exact) mass is 541 g/mol. The first-order valence-electron chi connectivity index (χ1n) is 11.2. The van der Waals surface area contributed by atoms with E-state index in [-0.39, 0.29) is 18.2 Å². The quantitative estimate of drug-likeness (QED) is 0.245. The predicted molar refractivity (Wildman–Crippen MR) is 150 cm³/mol. The molecule has 5 nitrogen and oxygen atoms in total. The second kappa shape index (κ2) is 11.9. The first-order chi connectivity index (χ1) is 16.9. The number of halogens is 1. The summed E-state index contributed by atoms with van der Waals surface area (Å²) in [5.74, 6) is -0.235. The molecule has 0 bridgehead atoms. The van der Waals surface area contributed by atoms with E-state index in [0.29, 0.717) is 32.3 Å². The van der Waals surface area contributed by atoms with Crippen molar-refractivity contribution in [3.05, 3.63) is 86.2 Å². The van der Waals surface area contributed by atoms with Gasteiger partial charge in [0.05, 0.1) is 4.91 Å². The molecule has 0 spiro atoms. The second-order valence-electron chi connectivity index (χ2n) is 8.02. The van der Waals surface area contributed by atoms with Crippen LogP contribution in [0, 0.1) is 0 Å². The molecule has 2 amide bonds. The molecule has 1 aliphatic rings. The standard InChI is InChI=1S/C26H24ClN3O2S3/c1-2-17-5-7-19(8-6-17)15-22-24(32)30(26(33)35-22)13-3-4-23(31)29-25-28-16-21(34-25)14-18-9-11-20(27)12-10-18/h5-12,15-16H,2-4,13-14H2,1H3,(H,28,29,31). The van der Waals surface area contributed by atoms with Gasteiger partial charge in [0.2, 0.25) is 5.91 Å². The molecule has 0 radical (unpaired) electrons. The Bertz CT molecular complexity index is 1250. The number of carbonyl (C=O) groups excluding carboxylic acids is 2. The average molecular weight is 542 g/mol. The van der Waals surface area contributed by atoms with E-state index >= 15 is 0 Å². The van der Waals surface area contributed by atoms with Gasteiger partial charge in [0.15, 0.2) is 5.13 Å².